The summed E-state index contributed by atoms with van der Waals surface area (Å²) in [5, 5.41) is 10.0. The lowest BCUT2D eigenvalue weighted by molar-refractivity contribution is 0.473. The Balaban J connectivity index is 1.17. The van der Waals surface area contributed by atoms with Gasteiger partial charge in [0.2, 0.25) is 0 Å². The Hall–Kier alpha value is -6.07. The molecule has 46 heavy (non-hydrogen) atoms. The summed E-state index contributed by atoms with van der Waals surface area (Å²) in [4.78, 5) is 5.19. The first-order chi connectivity index (χ1) is 22.8. The Morgan fingerprint density at radius 3 is 2.50 bits per heavy atom. The summed E-state index contributed by atoms with van der Waals surface area (Å²) < 4.78 is 6.77. The number of benzene rings is 5. The normalized spacial score (nSPS) is 15.7. The van der Waals surface area contributed by atoms with Crippen LogP contribution < -0.4 is 10.4 Å². The average Bonchev–Trinajstić information content (AvgIpc) is 3.68. The number of nitrogens with one attached hydrogen (secondary N) is 1. The van der Waals surface area contributed by atoms with E-state index in [9.17, 15) is 0 Å². The third-order valence-corrected chi connectivity index (χ3v) is 9.42. The van der Waals surface area contributed by atoms with Crippen molar-refractivity contribution < 1.29 is 4.42 Å². The van der Waals surface area contributed by atoms with Gasteiger partial charge in [0, 0.05) is 39.7 Å². The Kier molecular flexibility index (Phi) is 5.34. The van der Waals surface area contributed by atoms with Crippen molar-refractivity contribution in [2.24, 2.45) is 0 Å². The molecule has 0 unspecified atom stereocenters. The monoisotopic (exact) mass is 592 g/mol. The molecule has 0 saturated heterocycles. The Labute approximate surface area is 265 Å². The molecule has 0 fully saturated rings. The highest BCUT2D eigenvalue weighted by Crippen LogP contribution is 2.47. The maximum atomic E-state index is 6.77. The summed E-state index contributed by atoms with van der Waals surface area (Å²) in [7, 11) is 0. The van der Waals surface area contributed by atoms with Crippen LogP contribution in [0.3, 0.4) is 0 Å². The van der Waals surface area contributed by atoms with Crippen LogP contribution in [0.5, 0.6) is 0 Å². The van der Waals surface area contributed by atoms with Crippen molar-refractivity contribution in [3.63, 3.8) is 0 Å². The quantitative estimate of drug-likeness (QED) is 0.202. The lowest BCUT2D eigenvalue weighted by Crippen LogP contribution is -2.34. The maximum Gasteiger partial charge on any atom is 0.143 e. The van der Waals surface area contributed by atoms with Gasteiger partial charge in [0.05, 0.1) is 16.9 Å². The highest BCUT2D eigenvalue weighted by molar-refractivity contribution is 6.23. The zero-order chi connectivity index (χ0) is 30.2. The largest absolute Gasteiger partial charge is 0.455 e. The molecule has 1 N–H and O–H groups in total. The predicted molar refractivity (Wildman–Crippen MR) is 190 cm³/mol. The van der Waals surface area contributed by atoms with Gasteiger partial charge in [0.25, 0.3) is 0 Å². The molecule has 218 valence electrons. The summed E-state index contributed by atoms with van der Waals surface area (Å²) in [5.41, 5.74) is 15.3. The second kappa shape index (κ2) is 9.71. The molecule has 1 aliphatic carbocycles. The molecule has 0 radical (unpaired) electrons. The number of pyridine rings is 1. The number of hydrogen-bond donors (Lipinski definition) is 1. The fourth-order valence-corrected chi connectivity index (χ4v) is 7.30. The molecule has 5 heteroatoms. The van der Waals surface area contributed by atoms with Gasteiger partial charge in [-0.25, -0.2) is 9.99 Å². The molecule has 0 atom stereocenters. The van der Waals surface area contributed by atoms with Gasteiger partial charge in [0.15, 0.2) is 0 Å². The number of aromatic nitrogens is 1. The van der Waals surface area contributed by atoms with Gasteiger partial charge < -0.3 is 4.42 Å². The van der Waals surface area contributed by atoms with E-state index in [1.807, 2.05) is 29.5 Å². The summed E-state index contributed by atoms with van der Waals surface area (Å²) in [6.45, 7) is 0. The smallest absolute Gasteiger partial charge is 0.143 e. The summed E-state index contributed by atoms with van der Waals surface area (Å²) in [5.74, 6) is 0. The Morgan fingerprint density at radius 2 is 1.57 bits per heavy atom. The molecule has 0 amide bonds. The molecule has 5 aromatic carbocycles. The molecule has 0 saturated carbocycles. The lowest BCUT2D eigenvalue weighted by Gasteiger charge is -2.27. The van der Waals surface area contributed by atoms with Crippen LogP contribution in [-0.2, 0) is 6.42 Å². The van der Waals surface area contributed by atoms with Crippen LogP contribution in [0.25, 0.3) is 72.1 Å². The van der Waals surface area contributed by atoms with E-state index >= 15 is 0 Å². The highest BCUT2D eigenvalue weighted by atomic mass is 16.3. The van der Waals surface area contributed by atoms with Gasteiger partial charge in [-0.1, -0.05) is 97.1 Å². The summed E-state index contributed by atoms with van der Waals surface area (Å²) >= 11 is 0. The molecular formula is C41H28N4O. The van der Waals surface area contributed by atoms with E-state index in [1.165, 1.54) is 32.7 Å². The molecule has 4 heterocycles. The van der Waals surface area contributed by atoms with Gasteiger partial charge in [-0.2, -0.15) is 5.12 Å². The number of fused-ring (bicyclic) bond motifs is 12. The summed E-state index contributed by atoms with van der Waals surface area (Å²) in [6.07, 6.45) is 19.0. The second-order valence-corrected chi connectivity index (χ2v) is 12.0. The van der Waals surface area contributed by atoms with Crippen molar-refractivity contribution in [2.75, 3.05) is 10.4 Å². The van der Waals surface area contributed by atoms with Crippen LogP contribution in [0.4, 0.5) is 11.4 Å². The number of allylic oxidation sites excluding steroid dienone is 5. The number of hydrogen-bond acceptors (Lipinski definition) is 5. The van der Waals surface area contributed by atoms with E-state index in [0.717, 1.165) is 68.7 Å². The van der Waals surface area contributed by atoms with Crippen LogP contribution in [-0.4, -0.2) is 10.1 Å². The number of anilines is 2. The van der Waals surface area contributed by atoms with E-state index in [1.54, 1.807) is 0 Å². The number of para-hydroxylation sites is 1. The minimum Gasteiger partial charge on any atom is -0.455 e. The van der Waals surface area contributed by atoms with Crippen molar-refractivity contribution in [1.29, 1.82) is 0 Å². The standard InChI is InChI=1S/C41H28N4O/c1-2-4-13-30-26(11-3-1)21-22-35-36(30)37-31-14-6-5-12-29(31)25-33(41(37)46-35)27-17-19-28(20-18-27)38-40-39(32-15-7-8-16-34(32)42-38)43-45-24-10-9-23-44(40)45/h2-12,14-25,43H,1,13H2/b4-2-,11-3?. The van der Waals surface area contributed by atoms with Gasteiger partial charge in [-0.3, -0.25) is 5.43 Å². The number of furan rings is 1. The minimum atomic E-state index is 0.885. The van der Waals surface area contributed by atoms with Crippen LogP contribution in [0.15, 0.2) is 138 Å². The molecule has 5 nitrogen and oxygen atoms in total. The summed E-state index contributed by atoms with van der Waals surface area (Å²) in [6, 6.07) is 32.4. The molecular weight excluding hydrogens is 564 g/mol. The van der Waals surface area contributed by atoms with Gasteiger partial charge in [-0.15, -0.1) is 0 Å². The van der Waals surface area contributed by atoms with E-state index < -0.39 is 0 Å². The topological polar surface area (TPSA) is 44.5 Å². The Bertz CT molecular complexity index is 2520. The van der Waals surface area contributed by atoms with Gasteiger partial charge >= 0.3 is 0 Å². The van der Waals surface area contributed by atoms with Crippen molar-refractivity contribution >= 4 is 61.1 Å². The third-order valence-electron chi connectivity index (χ3n) is 9.42. The van der Waals surface area contributed by atoms with Crippen molar-refractivity contribution in [3.05, 3.63) is 145 Å². The fourth-order valence-electron chi connectivity index (χ4n) is 7.30. The number of hydrazine groups is 2. The van der Waals surface area contributed by atoms with Crippen LogP contribution in [0, 0.1) is 0 Å². The zero-order valence-corrected chi connectivity index (χ0v) is 24.9. The van der Waals surface area contributed by atoms with Crippen molar-refractivity contribution in [2.45, 2.75) is 12.8 Å². The van der Waals surface area contributed by atoms with E-state index in [-0.39, 0.29) is 0 Å². The maximum absolute atomic E-state index is 6.77. The highest BCUT2D eigenvalue weighted by Gasteiger charge is 2.31. The van der Waals surface area contributed by atoms with Crippen LogP contribution >= 0.6 is 0 Å². The first-order valence-electron chi connectivity index (χ1n) is 15.8. The van der Waals surface area contributed by atoms with Crippen molar-refractivity contribution in [1.82, 2.24) is 10.1 Å². The minimum absolute atomic E-state index is 0.885. The molecule has 3 aliphatic rings. The average molecular weight is 593 g/mol. The van der Waals surface area contributed by atoms with E-state index in [0.29, 0.717) is 0 Å². The van der Waals surface area contributed by atoms with Gasteiger partial charge in [-0.05, 0) is 70.7 Å². The van der Waals surface area contributed by atoms with Crippen LogP contribution in [0.1, 0.15) is 17.5 Å². The predicted octanol–water partition coefficient (Wildman–Crippen LogP) is 10.5. The van der Waals surface area contributed by atoms with Crippen molar-refractivity contribution in [3.8, 4) is 22.4 Å². The first kappa shape index (κ1) is 25.3. The zero-order valence-electron chi connectivity index (χ0n) is 24.9. The van der Waals surface area contributed by atoms with Crippen LogP contribution in [0.2, 0.25) is 0 Å². The van der Waals surface area contributed by atoms with E-state index in [4.69, 9.17) is 9.40 Å². The molecule has 10 rings (SSSR count). The number of nitrogens with zero attached hydrogens (tertiary/aromatic N) is 3. The lowest BCUT2D eigenvalue weighted by atomic mass is 9.91. The first-order valence-corrected chi connectivity index (χ1v) is 15.8. The second-order valence-electron chi connectivity index (χ2n) is 12.0. The molecule has 2 aromatic heterocycles. The molecule has 7 aromatic rings. The molecule has 0 bridgehead atoms. The SMILES string of the molecule is C1=CN2Nc3c(c(-c4ccc(-c5cc6ccccc6c6c5oc5ccc7c(c56)C/C=C\CC=C7)cc4)nc4ccccc34)N2C=C1. The molecule has 0 spiro atoms. The Morgan fingerprint density at radius 1 is 0.739 bits per heavy atom. The third kappa shape index (κ3) is 3.66. The van der Waals surface area contributed by atoms with Gasteiger partial charge in [0.1, 0.15) is 16.9 Å². The number of rotatable bonds is 2. The van der Waals surface area contributed by atoms with E-state index in [2.05, 4.69) is 126 Å². The molecule has 2 aliphatic heterocycles. The fraction of sp³-hybridized carbons (Fsp3) is 0.0488.